The molecule has 47 heavy (non-hydrogen) atoms. The summed E-state index contributed by atoms with van der Waals surface area (Å²) in [7, 11) is 6.93. The molecule has 2 N–H and O–H groups in total. The highest BCUT2D eigenvalue weighted by molar-refractivity contribution is 6.36. The van der Waals surface area contributed by atoms with Crippen LogP contribution in [0.4, 0.5) is 5.82 Å². The van der Waals surface area contributed by atoms with Gasteiger partial charge in [-0.05, 0) is 24.1 Å². The summed E-state index contributed by atoms with van der Waals surface area (Å²) in [5, 5.41) is 12.3. The van der Waals surface area contributed by atoms with E-state index in [0.29, 0.717) is 11.3 Å². The van der Waals surface area contributed by atoms with Crippen molar-refractivity contribution in [2.45, 2.75) is 24.9 Å². The number of nitrogens with zero attached hydrogens (tertiary/aromatic N) is 2. The molecule has 0 amide bonds. The summed E-state index contributed by atoms with van der Waals surface area (Å²) in [6.07, 6.45) is 0.105. The van der Waals surface area contributed by atoms with E-state index < -0.39 is 52.8 Å². The molecule has 3 aromatic rings. The van der Waals surface area contributed by atoms with Gasteiger partial charge in [-0.3, -0.25) is 23.5 Å². The first kappa shape index (κ1) is 31.7. The Labute approximate surface area is 272 Å². The molecule has 3 atom stereocenters. The first-order chi connectivity index (χ1) is 22.3. The number of carboxylic acids is 1. The number of hydrogen-bond donors (Lipinski definition) is 2. The number of Topliss-reactive ketones (excluding diaryl/α,β-unsaturated/α-hetero) is 2. The Hall–Kier alpha value is -5.24. The summed E-state index contributed by atoms with van der Waals surface area (Å²) in [6.45, 7) is 1.05. The molecule has 3 aliphatic rings. The number of allylic oxidation sites excluding steroid dienone is 1. The van der Waals surface area contributed by atoms with Crippen molar-refractivity contribution in [3.05, 3.63) is 78.1 Å². The molecule has 3 unspecified atom stereocenters. The monoisotopic (exact) mass is 667 g/mol. The predicted molar refractivity (Wildman–Crippen MR) is 167 cm³/mol. The predicted octanol–water partition coefficient (Wildman–Crippen LogP) is 2.66. The van der Waals surface area contributed by atoms with Gasteiger partial charge >= 0.3 is 11.7 Å². The third kappa shape index (κ3) is 4.42. The van der Waals surface area contributed by atoms with Crippen LogP contribution in [-0.4, -0.2) is 65.3 Å². The van der Waals surface area contributed by atoms with Gasteiger partial charge in [0, 0.05) is 43.3 Å². The summed E-state index contributed by atoms with van der Waals surface area (Å²) < 4.78 is 30.2. The highest BCUT2D eigenvalue weighted by atomic mass is 35.5. The van der Waals surface area contributed by atoms with Crippen LogP contribution in [0.1, 0.15) is 40.7 Å². The lowest BCUT2D eigenvalue weighted by atomic mass is 9.66. The highest BCUT2D eigenvalue weighted by Crippen LogP contribution is 2.56. The third-order valence-electron chi connectivity index (χ3n) is 8.95. The maximum absolute atomic E-state index is 15.0. The molecule has 1 spiro atoms. The van der Waals surface area contributed by atoms with Crippen molar-refractivity contribution in [2.24, 2.45) is 20.0 Å². The van der Waals surface area contributed by atoms with Gasteiger partial charge in [0.15, 0.2) is 23.9 Å². The number of anilines is 1. The van der Waals surface area contributed by atoms with Crippen LogP contribution in [0.2, 0.25) is 5.02 Å². The Morgan fingerprint density at radius 3 is 2.32 bits per heavy atom. The molecule has 3 heterocycles. The number of carbonyl (C=O) groups is 3. The molecule has 0 saturated carbocycles. The van der Waals surface area contributed by atoms with Gasteiger partial charge in [-0.25, -0.2) is 9.59 Å². The number of halogens is 1. The lowest BCUT2D eigenvalue weighted by Crippen LogP contribution is -2.58. The van der Waals surface area contributed by atoms with Crippen molar-refractivity contribution in [1.82, 2.24) is 9.13 Å². The fourth-order valence-corrected chi connectivity index (χ4v) is 6.91. The lowest BCUT2D eigenvalue weighted by molar-refractivity contribution is -0.139. The summed E-state index contributed by atoms with van der Waals surface area (Å²) in [5.41, 5.74) is -2.47. The molecule has 246 valence electrons. The smallest absolute Gasteiger partial charge is 0.341 e. The Kier molecular flexibility index (Phi) is 7.58. The van der Waals surface area contributed by atoms with Crippen LogP contribution in [0.15, 0.2) is 45.1 Å². The number of aromatic nitrogens is 2. The zero-order valence-corrected chi connectivity index (χ0v) is 26.9. The number of nitrogens with one attached hydrogen (secondary N) is 1. The number of carbonyl (C=O) groups excluding carboxylic acids is 2. The van der Waals surface area contributed by atoms with E-state index in [9.17, 15) is 19.2 Å². The minimum atomic E-state index is -2.08. The molecule has 15 heteroatoms. The van der Waals surface area contributed by atoms with E-state index in [0.717, 1.165) is 4.57 Å². The maximum Gasteiger partial charge on any atom is 0.341 e. The molecular formula is C32H30ClN3O11. The fourth-order valence-electron chi connectivity index (χ4n) is 6.64. The zero-order valence-electron chi connectivity index (χ0n) is 26.2. The largest absolute Gasteiger partial charge is 0.496 e. The topological polar surface area (TPSA) is 174 Å². The maximum atomic E-state index is 15.0. The highest BCUT2D eigenvalue weighted by Gasteiger charge is 2.63. The van der Waals surface area contributed by atoms with Gasteiger partial charge in [-0.1, -0.05) is 24.6 Å². The van der Waals surface area contributed by atoms with Crippen LogP contribution >= 0.6 is 11.6 Å². The van der Waals surface area contributed by atoms with Crippen molar-refractivity contribution in [3.63, 3.8) is 0 Å². The van der Waals surface area contributed by atoms with E-state index in [4.69, 9.17) is 40.4 Å². The molecule has 1 aliphatic carbocycles. The number of methoxy groups -OCH3 is 3. The van der Waals surface area contributed by atoms with Crippen molar-refractivity contribution in [1.29, 1.82) is 0 Å². The standard InChI is InChI=1S/C32H30ClN3O11/c1-13-9-15-22(27(39)32(13)28(40)23-18(44-5)11-19(45-6)25(33)26(23)47-32)21(24-29(34-15)35(2)31(42)36(3)30(24)41)14-7-8-16(17(10-14)43-4)46-12-20(37)38/h7-8,10-11,13,21,34H,9,12H2,1-6H3,(H,37,38). The number of ether oxygens (including phenoxy) is 5. The molecule has 0 fully saturated rings. The second kappa shape index (κ2) is 11.2. The number of carboxylic acid groups (broad SMARTS) is 1. The minimum Gasteiger partial charge on any atom is -0.496 e. The molecule has 0 saturated heterocycles. The van der Waals surface area contributed by atoms with Crippen molar-refractivity contribution in [2.75, 3.05) is 33.3 Å². The molecule has 0 bridgehead atoms. The Morgan fingerprint density at radius 2 is 1.68 bits per heavy atom. The number of ketones is 2. The van der Waals surface area contributed by atoms with E-state index in [1.54, 1.807) is 13.0 Å². The Balaban J connectivity index is 1.59. The van der Waals surface area contributed by atoms with Crippen LogP contribution in [0, 0.1) is 5.92 Å². The summed E-state index contributed by atoms with van der Waals surface area (Å²) in [4.78, 5) is 67.5. The average molecular weight is 668 g/mol. The number of hydrogen-bond acceptors (Lipinski definition) is 11. The van der Waals surface area contributed by atoms with Crippen LogP contribution in [0.25, 0.3) is 0 Å². The van der Waals surface area contributed by atoms with Gasteiger partial charge in [0.25, 0.3) is 5.56 Å². The molecule has 0 radical (unpaired) electrons. The van der Waals surface area contributed by atoms with E-state index in [2.05, 4.69) is 5.32 Å². The SMILES string of the molecule is COc1cc(C2C3=C(CC(C)C4(Oc5c(Cl)c(OC)cc(OC)c5C4=O)C3=O)Nc3c2c(=O)n(C)c(=O)n3C)ccc1OCC(=O)O. The van der Waals surface area contributed by atoms with E-state index in [-0.39, 0.29) is 62.7 Å². The van der Waals surface area contributed by atoms with Crippen LogP contribution in [0.5, 0.6) is 28.7 Å². The number of aliphatic carboxylic acids is 1. The van der Waals surface area contributed by atoms with Crippen molar-refractivity contribution >= 4 is 35.0 Å². The van der Waals surface area contributed by atoms with Gasteiger partial charge in [0.1, 0.15) is 27.9 Å². The zero-order chi connectivity index (χ0) is 34.1. The third-order valence-corrected chi connectivity index (χ3v) is 9.31. The van der Waals surface area contributed by atoms with Crippen LogP contribution in [-0.2, 0) is 23.7 Å². The molecule has 6 rings (SSSR count). The molecule has 1 aromatic heterocycles. The number of rotatable bonds is 7. The Bertz CT molecular complexity index is 2060. The quantitative estimate of drug-likeness (QED) is 0.353. The molecule has 2 aliphatic heterocycles. The summed E-state index contributed by atoms with van der Waals surface area (Å²) in [6, 6.07) is 5.97. The molecule has 14 nitrogen and oxygen atoms in total. The Morgan fingerprint density at radius 1 is 1.00 bits per heavy atom. The van der Waals surface area contributed by atoms with Gasteiger partial charge < -0.3 is 34.1 Å². The van der Waals surface area contributed by atoms with Crippen molar-refractivity contribution in [3.8, 4) is 28.7 Å². The molecule has 2 aromatic carbocycles. The minimum absolute atomic E-state index is 0.0109. The average Bonchev–Trinajstić information content (AvgIpc) is 3.38. The summed E-state index contributed by atoms with van der Waals surface area (Å²) in [5.74, 6) is -3.81. The number of benzene rings is 2. The van der Waals surface area contributed by atoms with Gasteiger partial charge in [-0.15, -0.1) is 0 Å². The van der Waals surface area contributed by atoms with E-state index >= 15 is 4.79 Å². The number of fused-ring (bicyclic) bond motifs is 2. The van der Waals surface area contributed by atoms with Crippen LogP contribution in [0.3, 0.4) is 0 Å². The second-order valence-corrected chi connectivity index (χ2v) is 11.8. The normalized spacial score (nSPS) is 21.0. The van der Waals surface area contributed by atoms with Gasteiger partial charge in [0.2, 0.25) is 17.2 Å². The fraction of sp³-hybridized carbons (Fsp3) is 0.344. The van der Waals surface area contributed by atoms with Gasteiger partial charge in [0.05, 0.1) is 26.9 Å². The molecular weight excluding hydrogens is 638 g/mol. The first-order valence-electron chi connectivity index (χ1n) is 14.4. The van der Waals surface area contributed by atoms with E-state index in [1.807, 2.05) is 0 Å². The second-order valence-electron chi connectivity index (χ2n) is 11.4. The lowest BCUT2D eigenvalue weighted by Gasteiger charge is -2.42. The first-order valence-corrected chi connectivity index (χ1v) is 14.8. The summed E-state index contributed by atoms with van der Waals surface area (Å²) >= 11 is 6.61. The van der Waals surface area contributed by atoms with Crippen molar-refractivity contribution < 1.29 is 43.2 Å². The van der Waals surface area contributed by atoms with E-state index in [1.165, 1.54) is 58.2 Å². The van der Waals surface area contributed by atoms with Crippen LogP contribution < -0.4 is 40.3 Å². The van der Waals surface area contributed by atoms with Gasteiger partial charge in [-0.2, -0.15) is 0 Å².